The first-order valence-electron chi connectivity index (χ1n) is 5.13. The minimum Gasteiger partial charge on any atom is -0.383 e. The van der Waals surface area contributed by atoms with Crippen molar-refractivity contribution in [3.05, 3.63) is 29.3 Å². The first kappa shape index (κ1) is 12.1. The zero-order valence-corrected chi connectivity index (χ0v) is 9.50. The fourth-order valence-electron chi connectivity index (χ4n) is 1.40. The van der Waals surface area contributed by atoms with Crippen LogP contribution in [0.1, 0.15) is 17.5 Å². The first-order valence-corrected chi connectivity index (χ1v) is 5.13. The summed E-state index contributed by atoms with van der Waals surface area (Å²) in [6.45, 7) is 2.42. The zero-order valence-electron chi connectivity index (χ0n) is 9.50. The van der Waals surface area contributed by atoms with Gasteiger partial charge < -0.3 is 10.6 Å². The number of nitriles is 1. The standard InChI is InChI=1S/C12H15N3O/c1-9-4-3-5-11(10(9)8-13)15-7-6-12(16)14-2/h3-5,15H,6-7H2,1-2H3,(H,14,16). The third kappa shape index (κ3) is 2.99. The van der Waals surface area contributed by atoms with Crippen LogP contribution in [-0.2, 0) is 4.79 Å². The number of hydrogen-bond donors (Lipinski definition) is 2. The average Bonchev–Trinajstić information content (AvgIpc) is 2.29. The molecule has 84 valence electrons. The molecule has 2 N–H and O–H groups in total. The number of hydrogen-bond acceptors (Lipinski definition) is 3. The van der Waals surface area contributed by atoms with Crippen LogP contribution in [0.4, 0.5) is 5.69 Å². The van der Waals surface area contributed by atoms with Gasteiger partial charge in [0.05, 0.1) is 11.3 Å². The van der Waals surface area contributed by atoms with E-state index in [1.54, 1.807) is 7.05 Å². The van der Waals surface area contributed by atoms with Crippen molar-refractivity contribution in [1.82, 2.24) is 5.32 Å². The highest BCUT2D eigenvalue weighted by Crippen LogP contribution is 2.17. The largest absolute Gasteiger partial charge is 0.383 e. The molecule has 1 rings (SSSR count). The molecule has 0 aromatic heterocycles. The summed E-state index contributed by atoms with van der Waals surface area (Å²) < 4.78 is 0. The maximum Gasteiger partial charge on any atom is 0.221 e. The first-order chi connectivity index (χ1) is 7.69. The number of aryl methyl sites for hydroxylation is 1. The number of rotatable bonds is 4. The molecule has 1 aromatic carbocycles. The van der Waals surface area contributed by atoms with E-state index < -0.39 is 0 Å². The second kappa shape index (κ2) is 5.76. The predicted octanol–water partition coefficient (Wildman–Crippen LogP) is 1.41. The van der Waals surface area contributed by atoms with Crippen molar-refractivity contribution in [2.24, 2.45) is 0 Å². The van der Waals surface area contributed by atoms with Crippen LogP contribution >= 0.6 is 0 Å². The molecule has 16 heavy (non-hydrogen) atoms. The zero-order chi connectivity index (χ0) is 12.0. The second-order valence-electron chi connectivity index (χ2n) is 3.46. The molecule has 0 heterocycles. The highest BCUT2D eigenvalue weighted by Gasteiger charge is 2.04. The Morgan fingerprint density at radius 3 is 2.88 bits per heavy atom. The van der Waals surface area contributed by atoms with E-state index in [4.69, 9.17) is 5.26 Å². The van der Waals surface area contributed by atoms with Gasteiger partial charge in [-0.25, -0.2) is 0 Å². The molecule has 0 radical (unpaired) electrons. The summed E-state index contributed by atoms with van der Waals surface area (Å²) in [5, 5.41) is 14.6. The maximum atomic E-state index is 11.0. The molecular weight excluding hydrogens is 202 g/mol. The third-order valence-electron chi connectivity index (χ3n) is 2.33. The number of anilines is 1. The molecule has 0 atom stereocenters. The minimum absolute atomic E-state index is 0.0151. The number of nitrogens with one attached hydrogen (secondary N) is 2. The van der Waals surface area contributed by atoms with Crippen LogP contribution in [0.2, 0.25) is 0 Å². The number of carbonyl (C=O) groups is 1. The maximum absolute atomic E-state index is 11.0. The fourth-order valence-corrected chi connectivity index (χ4v) is 1.40. The monoisotopic (exact) mass is 217 g/mol. The Morgan fingerprint density at radius 1 is 1.50 bits per heavy atom. The van der Waals surface area contributed by atoms with Gasteiger partial charge in [-0.3, -0.25) is 4.79 Å². The molecule has 0 unspecified atom stereocenters. The van der Waals surface area contributed by atoms with Crippen LogP contribution in [0.15, 0.2) is 18.2 Å². The van der Waals surface area contributed by atoms with Gasteiger partial charge in [-0.1, -0.05) is 12.1 Å². The van der Waals surface area contributed by atoms with Crippen molar-refractivity contribution in [3.8, 4) is 6.07 Å². The Kier molecular flexibility index (Phi) is 4.34. The Bertz CT molecular complexity index is 421. The van der Waals surface area contributed by atoms with Crippen molar-refractivity contribution in [3.63, 3.8) is 0 Å². The van der Waals surface area contributed by atoms with E-state index in [2.05, 4.69) is 16.7 Å². The van der Waals surface area contributed by atoms with Crippen LogP contribution in [-0.4, -0.2) is 19.5 Å². The van der Waals surface area contributed by atoms with E-state index in [0.717, 1.165) is 11.3 Å². The highest BCUT2D eigenvalue weighted by molar-refractivity contribution is 5.76. The average molecular weight is 217 g/mol. The molecular formula is C12H15N3O. The van der Waals surface area contributed by atoms with Gasteiger partial charge in [0, 0.05) is 20.0 Å². The van der Waals surface area contributed by atoms with Crippen molar-refractivity contribution in [2.75, 3.05) is 18.9 Å². The lowest BCUT2D eigenvalue weighted by Crippen LogP contribution is -2.21. The van der Waals surface area contributed by atoms with Gasteiger partial charge in [0.1, 0.15) is 6.07 Å². The topological polar surface area (TPSA) is 64.9 Å². The predicted molar refractivity (Wildman–Crippen MR) is 63.1 cm³/mol. The lowest BCUT2D eigenvalue weighted by molar-refractivity contribution is -0.120. The van der Waals surface area contributed by atoms with Gasteiger partial charge >= 0.3 is 0 Å². The molecule has 0 aliphatic heterocycles. The van der Waals surface area contributed by atoms with Gasteiger partial charge in [0.2, 0.25) is 5.91 Å². The van der Waals surface area contributed by atoms with E-state index >= 15 is 0 Å². The van der Waals surface area contributed by atoms with Crippen molar-refractivity contribution < 1.29 is 4.79 Å². The lowest BCUT2D eigenvalue weighted by atomic mass is 10.1. The van der Waals surface area contributed by atoms with Crippen LogP contribution in [0.25, 0.3) is 0 Å². The molecule has 1 amide bonds. The van der Waals surface area contributed by atoms with Crippen LogP contribution in [0.5, 0.6) is 0 Å². The van der Waals surface area contributed by atoms with E-state index in [1.807, 2.05) is 25.1 Å². The molecule has 0 saturated carbocycles. The molecule has 0 fully saturated rings. The van der Waals surface area contributed by atoms with E-state index in [-0.39, 0.29) is 5.91 Å². The summed E-state index contributed by atoms with van der Waals surface area (Å²) in [5.41, 5.74) is 2.36. The lowest BCUT2D eigenvalue weighted by Gasteiger charge is -2.09. The molecule has 0 saturated heterocycles. The van der Waals surface area contributed by atoms with Gasteiger partial charge in [-0.05, 0) is 18.6 Å². The normalized spacial score (nSPS) is 9.31. The quantitative estimate of drug-likeness (QED) is 0.801. The molecule has 0 spiro atoms. The van der Waals surface area contributed by atoms with Gasteiger partial charge in [-0.2, -0.15) is 5.26 Å². The Hall–Kier alpha value is -2.02. The van der Waals surface area contributed by atoms with E-state index in [9.17, 15) is 4.79 Å². The minimum atomic E-state index is -0.0151. The third-order valence-corrected chi connectivity index (χ3v) is 2.33. The molecule has 4 heteroatoms. The highest BCUT2D eigenvalue weighted by atomic mass is 16.1. The van der Waals surface area contributed by atoms with Crippen LogP contribution < -0.4 is 10.6 Å². The smallest absolute Gasteiger partial charge is 0.221 e. The van der Waals surface area contributed by atoms with E-state index in [1.165, 1.54) is 0 Å². The summed E-state index contributed by atoms with van der Waals surface area (Å²) in [6.07, 6.45) is 0.398. The van der Waals surface area contributed by atoms with Gasteiger partial charge in [-0.15, -0.1) is 0 Å². The summed E-state index contributed by atoms with van der Waals surface area (Å²) in [5.74, 6) is -0.0151. The number of carbonyl (C=O) groups excluding carboxylic acids is 1. The van der Waals surface area contributed by atoms with E-state index in [0.29, 0.717) is 18.5 Å². The second-order valence-corrected chi connectivity index (χ2v) is 3.46. The van der Waals surface area contributed by atoms with Crippen molar-refractivity contribution >= 4 is 11.6 Å². The summed E-state index contributed by atoms with van der Waals surface area (Å²) >= 11 is 0. The molecule has 0 aliphatic carbocycles. The summed E-state index contributed by atoms with van der Waals surface area (Å²) in [4.78, 5) is 11.0. The Balaban J connectivity index is 2.64. The molecule has 0 aliphatic rings. The fraction of sp³-hybridized carbons (Fsp3) is 0.333. The molecule has 4 nitrogen and oxygen atoms in total. The van der Waals surface area contributed by atoms with Gasteiger partial charge in [0.25, 0.3) is 0 Å². The molecule has 1 aromatic rings. The summed E-state index contributed by atoms with van der Waals surface area (Å²) in [6, 6.07) is 7.77. The number of amides is 1. The number of benzene rings is 1. The Morgan fingerprint density at radius 2 is 2.25 bits per heavy atom. The molecule has 0 bridgehead atoms. The van der Waals surface area contributed by atoms with Gasteiger partial charge in [0.15, 0.2) is 0 Å². The van der Waals surface area contributed by atoms with Crippen molar-refractivity contribution in [1.29, 1.82) is 5.26 Å². The number of nitrogens with zero attached hydrogens (tertiary/aromatic N) is 1. The van der Waals surface area contributed by atoms with Crippen LogP contribution in [0, 0.1) is 18.3 Å². The van der Waals surface area contributed by atoms with Crippen molar-refractivity contribution in [2.45, 2.75) is 13.3 Å². The summed E-state index contributed by atoms with van der Waals surface area (Å²) in [7, 11) is 1.61. The SMILES string of the molecule is CNC(=O)CCNc1cccc(C)c1C#N. The van der Waals surface area contributed by atoms with Crippen LogP contribution in [0.3, 0.4) is 0 Å². The Labute approximate surface area is 95.3 Å².